The van der Waals surface area contributed by atoms with Gasteiger partial charge in [0.05, 0.1) is 0 Å². The molecule has 18 heavy (non-hydrogen) atoms. The lowest BCUT2D eigenvalue weighted by molar-refractivity contribution is 0.0785. The van der Waals surface area contributed by atoms with E-state index in [1.54, 1.807) is 21.3 Å². The summed E-state index contributed by atoms with van der Waals surface area (Å²) in [5.74, 6) is 0.785. The highest BCUT2D eigenvalue weighted by Gasteiger charge is 2.36. The van der Waals surface area contributed by atoms with Crippen LogP contribution < -0.4 is 0 Å². The number of ether oxygens (including phenoxy) is 1. The van der Waals surface area contributed by atoms with E-state index in [0.29, 0.717) is 0 Å². The summed E-state index contributed by atoms with van der Waals surface area (Å²) in [6.07, 6.45) is 7.77. The van der Waals surface area contributed by atoms with E-state index in [1.165, 1.54) is 32.1 Å². The third-order valence-electron chi connectivity index (χ3n) is 3.78. The van der Waals surface area contributed by atoms with Gasteiger partial charge in [0.2, 0.25) is 0 Å². The molecule has 0 bridgehead atoms. The number of hydrogen-bond donors (Lipinski definition) is 0. The summed E-state index contributed by atoms with van der Waals surface area (Å²) >= 11 is 0. The Morgan fingerprint density at radius 2 is 1.56 bits per heavy atom. The highest BCUT2D eigenvalue weighted by molar-refractivity contribution is 6.60. The first kappa shape index (κ1) is 16.1. The molecule has 0 heterocycles. The van der Waals surface area contributed by atoms with Gasteiger partial charge in [-0.05, 0) is 25.2 Å². The van der Waals surface area contributed by atoms with Crippen molar-refractivity contribution in [2.45, 2.75) is 44.6 Å². The fourth-order valence-electron chi connectivity index (χ4n) is 2.55. The highest BCUT2D eigenvalue weighted by Crippen LogP contribution is 2.23. The van der Waals surface area contributed by atoms with Crippen molar-refractivity contribution in [2.75, 3.05) is 34.5 Å². The van der Waals surface area contributed by atoms with Gasteiger partial charge in [-0.25, -0.2) is 0 Å². The quantitative estimate of drug-likeness (QED) is 0.479. The van der Waals surface area contributed by atoms with Crippen molar-refractivity contribution < 1.29 is 18.0 Å². The lowest BCUT2D eigenvalue weighted by atomic mass is 9.90. The van der Waals surface area contributed by atoms with E-state index < -0.39 is 8.80 Å². The summed E-state index contributed by atoms with van der Waals surface area (Å²) in [6, 6.07) is 0.821. The van der Waals surface area contributed by atoms with Gasteiger partial charge in [0.25, 0.3) is 0 Å². The molecule has 0 aromatic carbocycles. The standard InChI is InChI=1S/C13H28O4Si/c1-14-18(15-2,16-3)11-7-10-17-12-13-8-5-4-6-9-13/h13H,4-12H2,1-3H3. The molecule has 0 radical (unpaired) electrons. The molecule has 0 atom stereocenters. The van der Waals surface area contributed by atoms with Gasteiger partial charge in [-0.2, -0.15) is 0 Å². The molecule has 1 aliphatic carbocycles. The maximum Gasteiger partial charge on any atom is 0.500 e. The van der Waals surface area contributed by atoms with Crippen molar-refractivity contribution >= 4 is 8.80 Å². The lowest BCUT2D eigenvalue weighted by Gasteiger charge is -2.24. The molecule has 1 aliphatic rings. The monoisotopic (exact) mass is 276 g/mol. The Labute approximate surface area is 112 Å². The lowest BCUT2D eigenvalue weighted by Crippen LogP contribution is -2.42. The van der Waals surface area contributed by atoms with Crippen LogP contribution in [0.2, 0.25) is 6.04 Å². The molecular formula is C13H28O4Si. The van der Waals surface area contributed by atoms with Gasteiger partial charge in [-0.15, -0.1) is 0 Å². The van der Waals surface area contributed by atoms with Crippen LogP contribution in [-0.2, 0) is 18.0 Å². The van der Waals surface area contributed by atoms with Crippen LogP contribution in [0.1, 0.15) is 38.5 Å². The van der Waals surface area contributed by atoms with Crippen molar-refractivity contribution in [2.24, 2.45) is 5.92 Å². The van der Waals surface area contributed by atoms with Crippen molar-refractivity contribution in [1.29, 1.82) is 0 Å². The van der Waals surface area contributed by atoms with E-state index in [2.05, 4.69) is 0 Å². The Morgan fingerprint density at radius 3 is 2.11 bits per heavy atom. The summed E-state index contributed by atoms with van der Waals surface area (Å²) in [5.41, 5.74) is 0. The Bertz CT molecular complexity index is 195. The second-order valence-corrected chi connectivity index (χ2v) is 8.07. The van der Waals surface area contributed by atoms with Crippen LogP contribution in [0, 0.1) is 5.92 Å². The van der Waals surface area contributed by atoms with E-state index in [4.69, 9.17) is 18.0 Å². The molecular weight excluding hydrogens is 248 g/mol. The maximum atomic E-state index is 5.76. The van der Waals surface area contributed by atoms with Crippen LogP contribution in [0.3, 0.4) is 0 Å². The molecule has 108 valence electrons. The normalized spacial score (nSPS) is 18.2. The minimum Gasteiger partial charge on any atom is -0.381 e. The zero-order valence-corrected chi connectivity index (χ0v) is 13.1. The Hall–Kier alpha value is 0.0569. The Kier molecular flexibility index (Phi) is 8.09. The van der Waals surface area contributed by atoms with Gasteiger partial charge in [-0.1, -0.05) is 19.3 Å². The van der Waals surface area contributed by atoms with E-state index >= 15 is 0 Å². The molecule has 1 rings (SSSR count). The molecule has 1 fully saturated rings. The third kappa shape index (κ3) is 5.36. The second kappa shape index (κ2) is 9.04. The maximum absolute atomic E-state index is 5.76. The molecule has 0 aromatic rings. The SMILES string of the molecule is CO[Si](CCCOCC1CCCCC1)(OC)OC. The predicted octanol–water partition coefficient (Wildman–Crippen LogP) is 2.85. The fraction of sp³-hybridized carbons (Fsp3) is 1.00. The van der Waals surface area contributed by atoms with E-state index in [1.807, 2.05) is 0 Å². The molecule has 1 saturated carbocycles. The first-order chi connectivity index (χ1) is 8.76. The minimum absolute atomic E-state index is 0.779. The average Bonchev–Trinajstić information content (AvgIpc) is 2.45. The van der Waals surface area contributed by atoms with Gasteiger partial charge < -0.3 is 18.0 Å². The van der Waals surface area contributed by atoms with Crippen LogP contribution in [0.25, 0.3) is 0 Å². The van der Waals surface area contributed by atoms with Crippen LogP contribution in [0.15, 0.2) is 0 Å². The highest BCUT2D eigenvalue weighted by atomic mass is 28.4. The Morgan fingerprint density at radius 1 is 0.944 bits per heavy atom. The summed E-state index contributed by atoms with van der Waals surface area (Å²) in [7, 11) is 2.58. The molecule has 5 heteroatoms. The molecule has 4 nitrogen and oxygen atoms in total. The zero-order chi connectivity index (χ0) is 13.3. The molecule has 0 aromatic heterocycles. The van der Waals surface area contributed by atoms with Gasteiger partial charge in [0, 0.05) is 40.6 Å². The third-order valence-corrected chi connectivity index (χ3v) is 6.61. The largest absolute Gasteiger partial charge is 0.500 e. The molecule has 0 spiro atoms. The summed E-state index contributed by atoms with van der Waals surface area (Å²) < 4.78 is 21.9. The average molecular weight is 276 g/mol. The van der Waals surface area contributed by atoms with Crippen LogP contribution in [0.5, 0.6) is 0 Å². The van der Waals surface area contributed by atoms with Gasteiger partial charge in [0.1, 0.15) is 0 Å². The molecule has 0 N–H and O–H groups in total. The summed E-state index contributed by atoms with van der Waals surface area (Å²) in [6.45, 7) is 1.70. The van der Waals surface area contributed by atoms with Gasteiger partial charge in [0.15, 0.2) is 0 Å². The molecule has 0 aliphatic heterocycles. The van der Waals surface area contributed by atoms with Crippen molar-refractivity contribution in [1.82, 2.24) is 0 Å². The van der Waals surface area contributed by atoms with Gasteiger partial charge >= 0.3 is 8.80 Å². The molecule has 0 amide bonds. The van der Waals surface area contributed by atoms with E-state index in [-0.39, 0.29) is 0 Å². The summed E-state index contributed by atoms with van der Waals surface area (Å²) in [5, 5.41) is 0. The first-order valence-corrected chi connectivity index (χ1v) is 8.92. The number of hydrogen-bond acceptors (Lipinski definition) is 4. The Balaban J connectivity index is 2.06. The second-order valence-electron chi connectivity index (χ2n) is 4.98. The van der Waals surface area contributed by atoms with Crippen molar-refractivity contribution in [3.8, 4) is 0 Å². The topological polar surface area (TPSA) is 36.9 Å². The first-order valence-electron chi connectivity index (χ1n) is 6.99. The van der Waals surface area contributed by atoms with E-state index in [9.17, 15) is 0 Å². The van der Waals surface area contributed by atoms with Crippen molar-refractivity contribution in [3.05, 3.63) is 0 Å². The van der Waals surface area contributed by atoms with Crippen molar-refractivity contribution in [3.63, 3.8) is 0 Å². The predicted molar refractivity (Wildman–Crippen MR) is 73.6 cm³/mol. The minimum atomic E-state index is -2.39. The zero-order valence-electron chi connectivity index (χ0n) is 12.1. The summed E-state index contributed by atoms with van der Waals surface area (Å²) in [4.78, 5) is 0. The van der Waals surface area contributed by atoms with Crippen LogP contribution in [-0.4, -0.2) is 43.3 Å². The van der Waals surface area contributed by atoms with E-state index in [0.717, 1.165) is 31.6 Å². The smallest absolute Gasteiger partial charge is 0.381 e. The van der Waals surface area contributed by atoms with Gasteiger partial charge in [-0.3, -0.25) is 0 Å². The number of rotatable bonds is 9. The van der Waals surface area contributed by atoms with Crippen LogP contribution >= 0.6 is 0 Å². The van der Waals surface area contributed by atoms with Crippen LogP contribution in [0.4, 0.5) is 0 Å². The molecule has 0 saturated heterocycles. The molecule has 0 unspecified atom stereocenters. The fourth-order valence-corrected chi connectivity index (χ4v) is 4.24.